The predicted molar refractivity (Wildman–Crippen MR) is 144 cm³/mol. The van der Waals surface area contributed by atoms with Gasteiger partial charge in [-0.25, -0.2) is 9.59 Å². The zero-order chi connectivity index (χ0) is 27.1. The van der Waals surface area contributed by atoms with Crippen LogP contribution in [0.1, 0.15) is 34.3 Å². The lowest BCUT2D eigenvalue weighted by atomic mass is 10.1. The Balaban J connectivity index is 1.33. The second kappa shape index (κ2) is 12.1. The summed E-state index contributed by atoms with van der Waals surface area (Å²) < 4.78 is 11.2. The fraction of sp³-hybridized carbons (Fsp3) is 0.276. The van der Waals surface area contributed by atoms with Crippen molar-refractivity contribution in [3.63, 3.8) is 0 Å². The van der Waals surface area contributed by atoms with Crippen LogP contribution in [0, 0.1) is 6.92 Å². The Kier molecular flexibility index (Phi) is 8.47. The van der Waals surface area contributed by atoms with Crippen molar-refractivity contribution in [1.29, 1.82) is 0 Å². The number of amides is 3. The molecule has 0 spiro atoms. The third-order valence-corrected chi connectivity index (χ3v) is 6.27. The number of carboxylic acids is 1. The van der Waals surface area contributed by atoms with E-state index in [1.807, 2.05) is 36.1 Å². The molecule has 1 aliphatic rings. The Morgan fingerprint density at radius 2 is 1.68 bits per heavy atom. The van der Waals surface area contributed by atoms with Crippen LogP contribution in [0.25, 0.3) is 0 Å². The van der Waals surface area contributed by atoms with Crippen molar-refractivity contribution in [1.82, 2.24) is 4.90 Å². The molecule has 1 fully saturated rings. The number of para-hydroxylation sites is 1. The van der Waals surface area contributed by atoms with Gasteiger partial charge >= 0.3 is 12.0 Å². The molecule has 0 aromatic heterocycles. The van der Waals surface area contributed by atoms with Crippen LogP contribution in [0.3, 0.4) is 0 Å². The zero-order valence-electron chi connectivity index (χ0n) is 21.4. The normalized spacial score (nSPS) is 12.4. The van der Waals surface area contributed by atoms with Crippen LogP contribution in [0.15, 0.2) is 66.7 Å². The number of aryl methyl sites for hydroxylation is 1. The van der Waals surface area contributed by atoms with Crippen LogP contribution in [-0.2, 0) is 11.2 Å². The van der Waals surface area contributed by atoms with Gasteiger partial charge in [-0.2, -0.15) is 0 Å². The molecular formula is C29H31N3O6. The molecule has 3 aromatic rings. The van der Waals surface area contributed by atoms with E-state index in [1.165, 1.54) is 19.2 Å². The average Bonchev–Trinajstić information content (AvgIpc) is 3.74. The van der Waals surface area contributed by atoms with Gasteiger partial charge in [0.2, 0.25) is 5.91 Å². The molecule has 0 radical (unpaired) electrons. The Bertz CT molecular complexity index is 1300. The number of nitrogens with one attached hydrogen (secondary N) is 2. The number of rotatable bonds is 11. The molecule has 198 valence electrons. The molecule has 0 saturated heterocycles. The van der Waals surface area contributed by atoms with E-state index in [0.29, 0.717) is 36.0 Å². The summed E-state index contributed by atoms with van der Waals surface area (Å²) in [5, 5.41) is 14.6. The van der Waals surface area contributed by atoms with Crippen molar-refractivity contribution in [2.75, 3.05) is 30.9 Å². The maximum absolute atomic E-state index is 13.1. The maximum Gasteiger partial charge on any atom is 0.335 e. The molecule has 0 heterocycles. The first kappa shape index (κ1) is 26.5. The molecule has 0 bridgehead atoms. The largest absolute Gasteiger partial charge is 0.495 e. The molecule has 1 aliphatic carbocycles. The molecule has 38 heavy (non-hydrogen) atoms. The first-order valence-electron chi connectivity index (χ1n) is 12.4. The van der Waals surface area contributed by atoms with Gasteiger partial charge in [-0.15, -0.1) is 0 Å². The molecule has 9 heteroatoms. The van der Waals surface area contributed by atoms with Crippen molar-refractivity contribution in [2.24, 2.45) is 0 Å². The monoisotopic (exact) mass is 517 g/mol. The average molecular weight is 518 g/mol. The number of urea groups is 1. The minimum Gasteiger partial charge on any atom is -0.495 e. The number of aromatic carboxylic acids is 1. The van der Waals surface area contributed by atoms with Crippen LogP contribution in [-0.4, -0.2) is 54.2 Å². The molecule has 1 saturated carbocycles. The molecular weight excluding hydrogens is 486 g/mol. The SMILES string of the molecule is COc1cc(CC(=O)N(CCOc2ccc(C(=O)O)cc2)C2CC2)ccc1NC(=O)Nc1ccccc1C. The first-order chi connectivity index (χ1) is 18.3. The number of benzene rings is 3. The lowest BCUT2D eigenvalue weighted by molar-refractivity contribution is -0.131. The first-order valence-corrected chi connectivity index (χ1v) is 12.4. The smallest absolute Gasteiger partial charge is 0.335 e. The number of carbonyl (C=O) groups is 3. The highest BCUT2D eigenvalue weighted by Gasteiger charge is 2.32. The Hall–Kier alpha value is -4.53. The number of methoxy groups -OCH3 is 1. The van der Waals surface area contributed by atoms with Crippen LogP contribution in [0.5, 0.6) is 11.5 Å². The van der Waals surface area contributed by atoms with Crippen molar-refractivity contribution in [3.05, 3.63) is 83.4 Å². The van der Waals surface area contributed by atoms with Crippen LogP contribution in [0.4, 0.5) is 16.2 Å². The summed E-state index contributed by atoms with van der Waals surface area (Å²) in [6, 6.07) is 18.8. The van der Waals surface area contributed by atoms with Crippen molar-refractivity contribution < 1.29 is 29.0 Å². The van der Waals surface area contributed by atoms with Gasteiger partial charge in [0, 0.05) is 11.7 Å². The number of nitrogens with zero attached hydrogens (tertiary/aromatic N) is 1. The minimum absolute atomic E-state index is 0.0163. The molecule has 0 aliphatic heterocycles. The second-order valence-electron chi connectivity index (χ2n) is 9.10. The lowest BCUT2D eigenvalue weighted by Gasteiger charge is -2.23. The molecule has 4 rings (SSSR count). The summed E-state index contributed by atoms with van der Waals surface area (Å²) in [6.07, 6.45) is 2.11. The van der Waals surface area contributed by atoms with E-state index in [9.17, 15) is 14.4 Å². The van der Waals surface area contributed by atoms with E-state index < -0.39 is 5.97 Å². The van der Waals surface area contributed by atoms with E-state index in [1.54, 1.807) is 30.3 Å². The second-order valence-corrected chi connectivity index (χ2v) is 9.10. The van der Waals surface area contributed by atoms with Crippen molar-refractivity contribution in [3.8, 4) is 11.5 Å². The quantitative estimate of drug-likeness (QED) is 0.331. The van der Waals surface area contributed by atoms with Crippen molar-refractivity contribution in [2.45, 2.75) is 32.2 Å². The Morgan fingerprint density at radius 3 is 2.34 bits per heavy atom. The van der Waals surface area contributed by atoms with Crippen LogP contribution in [0.2, 0.25) is 0 Å². The number of carboxylic acid groups (broad SMARTS) is 1. The summed E-state index contributed by atoms with van der Waals surface area (Å²) in [6.45, 7) is 2.65. The zero-order valence-corrected chi connectivity index (χ0v) is 21.4. The van der Waals surface area contributed by atoms with E-state index in [-0.39, 0.29) is 30.0 Å². The van der Waals surface area contributed by atoms with Crippen molar-refractivity contribution >= 4 is 29.3 Å². The molecule has 3 amide bonds. The predicted octanol–water partition coefficient (Wildman–Crippen LogP) is 4.96. The van der Waals surface area contributed by atoms with Crippen LogP contribution < -0.4 is 20.1 Å². The highest BCUT2D eigenvalue weighted by molar-refractivity contribution is 6.01. The molecule has 9 nitrogen and oxygen atoms in total. The molecule has 0 unspecified atom stereocenters. The van der Waals surface area contributed by atoms with E-state index in [4.69, 9.17) is 14.6 Å². The molecule has 0 atom stereocenters. The van der Waals surface area contributed by atoms with Gasteiger partial charge in [0.25, 0.3) is 0 Å². The van der Waals surface area contributed by atoms with Gasteiger partial charge in [-0.1, -0.05) is 24.3 Å². The summed E-state index contributed by atoms with van der Waals surface area (Å²) in [4.78, 5) is 38.5. The minimum atomic E-state index is -0.993. The fourth-order valence-electron chi connectivity index (χ4n) is 4.07. The fourth-order valence-corrected chi connectivity index (χ4v) is 4.07. The van der Waals surface area contributed by atoms with Gasteiger partial charge in [-0.3, -0.25) is 4.79 Å². The number of ether oxygens (including phenoxy) is 2. The van der Waals surface area contributed by atoms with Gasteiger partial charge in [-0.05, 0) is 73.4 Å². The maximum atomic E-state index is 13.1. The summed E-state index contributed by atoms with van der Waals surface area (Å²) in [7, 11) is 1.52. The third-order valence-electron chi connectivity index (χ3n) is 6.27. The standard InChI is InChI=1S/C29H31N3O6/c1-19-5-3-4-6-24(19)30-29(36)31-25-14-7-20(17-26(25)37-2)18-27(33)32(22-10-11-22)15-16-38-23-12-8-21(9-13-23)28(34)35/h3-9,12-14,17,22H,10-11,15-16,18H2,1-2H3,(H,34,35)(H2,30,31,36). The van der Waals surface area contributed by atoms with E-state index >= 15 is 0 Å². The van der Waals surface area contributed by atoms with E-state index in [0.717, 1.165) is 24.0 Å². The van der Waals surface area contributed by atoms with Gasteiger partial charge < -0.3 is 30.1 Å². The highest BCUT2D eigenvalue weighted by atomic mass is 16.5. The molecule has 3 aromatic carbocycles. The third kappa shape index (κ3) is 7.03. The van der Waals surface area contributed by atoms with Gasteiger partial charge in [0.15, 0.2) is 0 Å². The van der Waals surface area contributed by atoms with E-state index in [2.05, 4.69) is 10.6 Å². The topological polar surface area (TPSA) is 117 Å². The lowest BCUT2D eigenvalue weighted by Crippen LogP contribution is -2.37. The Morgan fingerprint density at radius 1 is 0.974 bits per heavy atom. The Labute approximate surface area is 221 Å². The highest BCUT2D eigenvalue weighted by Crippen LogP contribution is 2.29. The number of hydrogen-bond acceptors (Lipinski definition) is 5. The summed E-state index contributed by atoms with van der Waals surface area (Å²) in [5.41, 5.74) is 3.12. The van der Waals surface area contributed by atoms with Gasteiger partial charge in [0.05, 0.1) is 31.3 Å². The summed E-state index contributed by atoms with van der Waals surface area (Å²) >= 11 is 0. The number of carbonyl (C=O) groups excluding carboxylic acids is 2. The van der Waals surface area contributed by atoms with Crippen LogP contribution >= 0.6 is 0 Å². The molecule has 3 N–H and O–H groups in total. The van der Waals surface area contributed by atoms with Gasteiger partial charge in [0.1, 0.15) is 18.1 Å². The number of hydrogen-bond donors (Lipinski definition) is 3. The number of anilines is 2. The summed E-state index contributed by atoms with van der Waals surface area (Å²) in [5.74, 6) is 0.00393.